The van der Waals surface area contributed by atoms with Gasteiger partial charge in [-0.25, -0.2) is 0 Å². The fraction of sp³-hybridized carbons (Fsp3) is 0.516. The Balaban J connectivity index is 1.27. The van der Waals surface area contributed by atoms with E-state index in [0.717, 1.165) is 17.7 Å². The van der Waals surface area contributed by atoms with Crippen molar-refractivity contribution < 1.29 is 9.15 Å². The summed E-state index contributed by atoms with van der Waals surface area (Å²) in [5.41, 5.74) is 2.02. The first-order valence-corrected chi connectivity index (χ1v) is 13.5. The highest BCUT2D eigenvalue weighted by Gasteiger charge is 2.09. The number of hydrogen-bond acceptors (Lipinski definition) is 3. The zero-order valence-electron chi connectivity index (χ0n) is 21.0. The molecule has 0 bridgehead atoms. The molecule has 184 valence electrons. The Morgan fingerprint density at radius 2 is 1.29 bits per heavy atom. The Morgan fingerprint density at radius 1 is 0.706 bits per heavy atom. The first-order valence-electron chi connectivity index (χ1n) is 13.5. The molecule has 1 aromatic heterocycles. The van der Waals surface area contributed by atoms with E-state index in [2.05, 4.69) is 6.92 Å². The highest BCUT2D eigenvalue weighted by Crippen LogP contribution is 2.23. The summed E-state index contributed by atoms with van der Waals surface area (Å²) < 4.78 is 11.7. The van der Waals surface area contributed by atoms with E-state index in [9.17, 15) is 4.79 Å². The third-order valence-electron chi connectivity index (χ3n) is 6.60. The summed E-state index contributed by atoms with van der Waals surface area (Å²) in [5.74, 6) is 0.762. The van der Waals surface area contributed by atoms with Crippen molar-refractivity contribution in [2.75, 3.05) is 6.61 Å². The third kappa shape index (κ3) is 8.66. The Labute approximate surface area is 205 Å². The zero-order valence-corrected chi connectivity index (χ0v) is 21.0. The summed E-state index contributed by atoms with van der Waals surface area (Å²) in [6.07, 6.45) is 20.5. The van der Waals surface area contributed by atoms with Gasteiger partial charge in [-0.15, -0.1) is 0 Å². The monoisotopic (exact) mass is 462 g/mol. The van der Waals surface area contributed by atoms with Crippen molar-refractivity contribution in [3.8, 4) is 16.9 Å². The lowest BCUT2D eigenvalue weighted by Crippen LogP contribution is -2.05. The standard InChI is InChI=1S/C31H42O3/c1-2-3-4-5-6-7-8-9-10-11-12-13-14-18-23-33-27-21-22-28-30(24-27)34-25-29(31(28)32)26-19-16-15-17-20-26/h15-17,19-22,24-25H,2-14,18,23H2,1H3. The van der Waals surface area contributed by atoms with E-state index in [1.165, 1.54) is 83.5 Å². The first-order chi connectivity index (χ1) is 16.8. The molecule has 0 aliphatic carbocycles. The second-order valence-corrected chi connectivity index (χ2v) is 9.45. The molecular formula is C31H42O3. The molecule has 0 saturated carbocycles. The van der Waals surface area contributed by atoms with Gasteiger partial charge < -0.3 is 9.15 Å². The molecule has 0 spiro atoms. The summed E-state index contributed by atoms with van der Waals surface area (Å²) in [7, 11) is 0. The Kier molecular flexibility index (Phi) is 11.8. The van der Waals surface area contributed by atoms with E-state index in [-0.39, 0.29) is 5.43 Å². The number of benzene rings is 2. The molecule has 0 N–H and O–H groups in total. The van der Waals surface area contributed by atoms with Crippen LogP contribution < -0.4 is 10.2 Å². The van der Waals surface area contributed by atoms with Crippen molar-refractivity contribution in [1.82, 2.24) is 0 Å². The quantitative estimate of drug-likeness (QED) is 0.188. The summed E-state index contributed by atoms with van der Waals surface area (Å²) in [6, 6.07) is 15.1. The van der Waals surface area contributed by atoms with Gasteiger partial charge in [0, 0.05) is 6.07 Å². The first kappa shape index (κ1) is 26.1. The van der Waals surface area contributed by atoms with Gasteiger partial charge in [0.25, 0.3) is 0 Å². The molecule has 0 amide bonds. The molecule has 0 radical (unpaired) electrons. The molecule has 0 aliphatic heterocycles. The lowest BCUT2D eigenvalue weighted by atomic mass is 10.0. The molecule has 0 unspecified atom stereocenters. The summed E-state index contributed by atoms with van der Waals surface area (Å²) in [5, 5.41) is 0.588. The fourth-order valence-electron chi connectivity index (χ4n) is 4.50. The number of hydrogen-bond donors (Lipinski definition) is 0. The predicted octanol–water partition coefficient (Wildman–Crippen LogP) is 9.32. The predicted molar refractivity (Wildman–Crippen MR) is 144 cm³/mol. The van der Waals surface area contributed by atoms with Gasteiger partial charge in [0.15, 0.2) is 5.43 Å². The van der Waals surface area contributed by atoms with Gasteiger partial charge in [0.2, 0.25) is 0 Å². The fourth-order valence-corrected chi connectivity index (χ4v) is 4.50. The van der Waals surface area contributed by atoms with E-state index >= 15 is 0 Å². The lowest BCUT2D eigenvalue weighted by Gasteiger charge is -2.08. The van der Waals surface area contributed by atoms with Crippen LogP contribution in [0.25, 0.3) is 22.1 Å². The van der Waals surface area contributed by atoms with Crippen LogP contribution in [0.3, 0.4) is 0 Å². The molecule has 0 aliphatic rings. The molecule has 1 heterocycles. The molecule has 0 saturated heterocycles. The van der Waals surface area contributed by atoms with E-state index in [0.29, 0.717) is 23.1 Å². The summed E-state index contributed by atoms with van der Waals surface area (Å²) in [6.45, 7) is 2.98. The molecule has 3 aromatic rings. The van der Waals surface area contributed by atoms with Crippen molar-refractivity contribution in [3.63, 3.8) is 0 Å². The van der Waals surface area contributed by atoms with Crippen molar-refractivity contribution in [1.29, 1.82) is 0 Å². The molecule has 0 fully saturated rings. The maximum atomic E-state index is 12.8. The maximum Gasteiger partial charge on any atom is 0.200 e. The van der Waals surface area contributed by atoms with Crippen LogP contribution in [0.15, 0.2) is 64.0 Å². The maximum absolute atomic E-state index is 12.8. The SMILES string of the molecule is CCCCCCCCCCCCCCCCOc1ccc2c(=O)c(-c3ccccc3)coc2c1. The van der Waals surface area contributed by atoms with E-state index < -0.39 is 0 Å². The molecule has 3 heteroatoms. The van der Waals surface area contributed by atoms with Gasteiger partial charge in [-0.3, -0.25) is 4.79 Å². The van der Waals surface area contributed by atoms with Crippen LogP contribution in [-0.4, -0.2) is 6.61 Å². The highest BCUT2D eigenvalue weighted by molar-refractivity contribution is 5.82. The molecule has 2 aromatic carbocycles. The van der Waals surface area contributed by atoms with Crippen LogP contribution >= 0.6 is 0 Å². The van der Waals surface area contributed by atoms with E-state index in [1.54, 1.807) is 6.26 Å². The van der Waals surface area contributed by atoms with Gasteiger partial charge in [0.05, 0.1) is 17.6 Å². The van der Waals surface area contributed by atoms with Crippen LogP contribution in [0.2, 0.25) is 0 Å². The van der Waals surface area contributed by atoms with Crippen molar-refractivity contribution in [3.05, 3.63) is 65.0 Å². The second-order valence-electron chi connectivity index (χ2n) is 9.45. The Bertz CT molecular complexity index is 1010. The molecule has 3 rings (SSSR count). The smallest absolute Gasteiger partial charge is 0.200 e. The number of rotatable bonds is 17. The largest absolute Gasteiger partial charge is 0.493 e. The van der Waals surface area contributed by atoms with Gasteiger partial charge in [-0.2, -0.15) is 0 Å². The Hall–Kier alpha value is -2.55. The minimum absolute atomic E-state index is 0.00836. The number of unbranched alkanes of at least 4 members (excludes halogenated alkanes) is 13. The minimum Gasteiger partial charge on any atom is -0.493 e. The second kappa shape index (κ2) is 15.4. The number of fused-ring (bicyclic) bond motifs is 1. The average Bonchev–Trinajstić information content (AvgIpc) is 2.87. The van der Waals surface area contributed by atoms with E-state index in [4.69, 9.17) is 9.15 Å². The molecular weight excluding hydrogens is 420 g/mol. The Morgan fingerprint density at radius 3 is 1.91 bits per heavy atom. The average molecular weight is 463 g/mol. The van der Waals surface area contributed by atoms with Crippen LogP contribution in [0.1, 0.15) is 96.8 Å². The van der Waals surface area contributed by atoms with Crippen LogP contribution in [0.5, 0.6) is 5.75 Å². The third-order valence-corrected chi connectivity index (χ3v) is 6.60. The van der Waals surface area contributed by atoms with Crippen LogP contribution in [0, 0.1) is 0 Å². The van der Waals surface area contributed by atoms with Gasteiger partial charge >= 0.3 is 0 Å². The van der Waals surface area contributed by atoms with Gasteiger partial charge in [-0.05, 0) is 24.1 Å². The normalized spacial score (nSPS) is 11.2. The molecule has 0 atom stereocenters. The lowest BCUT2D eigenvalue weighted by molar-refractivity contribution is 0.304. The zero-order chi connectivity index (χ0) is 23.8. The summed E-state index contributed by atoms with van der Waals surface area (Å²) >= 11 is 0. The van der Waals surface area contributed by atoms with Gasteiger partial charge in [0.1, 0.15) is 17.6 Å². The van der Waals surface area contributed by atoms with Crippen LogP contribution in [-0.2, 0) is 0 Å². The van der Waals surface area contributed by atoms with Crippen molar-refractivity contribution in [2.24, 2.45) is 0 Å². The van der Waals surface area contributed by atoms with E-state index in [1.807, 2.05) is 48.5 Å². The van der Waals surface area contributed by atoms with Gasteiger partial charge in [-0.1, -0.05) is 121 Å². The molecule has 3 nitrogen and oxygen atoms in total. The minimum atomic E-state index is -0.00836. The topological polar surface area (TPSA) is 39.4 Å². The number of ether oxygens (including phenoxy) is 1. The molecule has 34 heavy (non-hydrogen) atoms. The van der Waals surface area contributed by atoms with Crippen LogP contribution in [0.4, 0.5) is 0 Å². The highest BCUT2D eigenvalue weighted by atomic mass is 16.5. The summed E-state index contributed by atoms with van der Waals surface area (Å²) in [4.78, 5) is 12.8. The van der Waals surface area contributed by atoms with Crippen molar-refractivity contribution >= 4 is 11.0 Å². The van der Waals surface area contributed by atoms with Crippen molar-refractivity contribution in [2.45, 2.75) is 96.8 Å².